The van der Waals surface area contributed by atoms with Crippen molar-refractivity contribution in [1.82, 2.24) is 5.32 Å². The predicted molar refractivity (Wildman–Crippen MR) is 78.5 cm³/mol. The van der Waals surface area contributed by atoms with Gasteiger partial charge in [-0.1, -0.05) is 12.1 Å². The van der Waals surface area contributed by atoms with E-state index < -0.39 is 9.84 Å². The van der Waals surface area contributed by atoms with Gasteiger partial charge in [-0.15, -0.1) is 0 Å². The SMILES string of the molecule is CNC(CCCS(C)(=O)=O)c1ccc(C)cc1OC. The van der Waals surface area contributed by atoms with Crippen LogP contribution in [0.5, 0.6) is 5.75 Å². The Hall–Kier alpha value is -1.07. The fourth-order valence-electron chi connectivity index (χ4n) is 2.11. The molecular weight excluding hydrogens is 262 g/mol. The van der Waals surface area contributed by atoms with Crippen LogP contribution in [0.3, 0.4) is 0 Å². The summed E-state index contributed by atoms with van der Waals surface area (Å²) in [4.78, 5) is 0. The van der Waals surface area contributed by atoms with Crippen molar-refractivity contribution in [3.8, 4) is 5.75 Å². The Balaban J connectivity index is 2.79. The van der Waals surface area contributed by atoms with Gasteiger partial charge in [0.05, 0.1) is 7.11 Å². The van der Waals surface area contributed by atoms with E-state index in [0.717, 1.165) is 23.3 Å². The number of nitrogens with one attached hydrogen (secondary N) is 1. The van der Waals surface area contributed by atoms with Gasteiger partial charge >= 0.3 is 0 Å². The van der Waals surface area contributed by atoms with Crippen molar-refractivity contribution in [2.45, 2.75) is 25.8 Å². The Morgan fingerprint density at radius 3 is 2.58 bits per heavy atom. The molecule has 0 aliphatic carbocycles. The zero-order valence-electron chi connectivity index (χ0n) is 12.1. The van der Waals surface area contributed by atoms with Crippen LogP contribution in [0.4, 0.5) is 0 Å². The van der Waals surface area contributed by atoms with Crippen molar-refractivity contribution in [1.29, 1.82) is 0 Å². The number of sulfone groups is 1. The summed E-state index contributed by atoms with van der Waals surface area (Å²) in [5.41, 5.74) is 2.22. The normalized spacial score (nSPS) is 13.3. The summed E-state index contributed by atoms with van der Waals surface area (Å²) >= 11 is 0. The molecule has 1 aromatic rings. The lowest BCUT2D eigenvalue weighted by atomic mass is 10.00. The van der Waals surface area contributed by atoms with Crippen LogP contribution < -0.4 is 10.1 Å². The molecule has 1 rings (SSSR count). The maximum absolute atomic E-state index is 11.2. The Morgan fingerprint density at radius 1 is 1.37 bits per heavy atom. The molecule has 1 atom stereocenters. The monoisotopic (exact) mass is 285 g/mol. The molecule has 0 radical (unpaired) electrons. The van der Waals surface area contributed by atoms with Crippen LogP contribution in [0, 0.1) is 6.92 Å². The van der Waals surface area contributed by atoms with Crippen LogP contribution in [0.15, 0.2) is 18.2 Å². The Morgan fingerprint density at radius 2 is 2.05 bits per heavy atom. The number of hydrogen-bond donors (Lipinski definition) is 1. The summed E-state index contributed by atoms with van der Waals surface area (Å²) in [5, 5.41) is 3.22. The quantitative estimate of drug-likeness (QED) is 0.833. The van der Waals surface area contributed by atoms with E-state index >= 15 is 0 Å². The molecule has 0 aromatic heterocycles. The first-order valence-corrected chi connectivity index (χ1v) is 8.43. The molecule has 1 aromatic carbocycles. The van der Waals surface area contributed by atoms with Gasteiger partial charge in [0.1, 0.15) is 15.6 Å². The minimum absolute atomic E-state index is 0.109. The number of ether oxygens (including phenoxy) is 1. The predicted octanol–water partition coefficient (Wildman–Crippen LogP) is 2.09. The topological polar surface area (TPSA) is 55.4 Å². The number of hydrogen-bond acceptors (Lipinski definition) is 4. The molecule has 0 spiro atoms. The van der Waals surface area contributed by atoms with Gasteiger partial charge in [-0.25, -0.2) is 8.42 Å². The first-order valence-electron chi connectivity index (χ1n) is 6.37. The van der Waals surface area contributed by atoms with Crippen LogP contribution in [0.2, 0.25) is 0 Å². The lowest BCUT2D eigenvalue weighted by Gasteiger charge is -2.19. The fraction of sp³-hybridized carbons (Fsp3) is 0.571. The molecule has 0 saturated carbocycles. The molecule has 0 aliphatic rings. The summed E-state index contributed by atoms with van der Waals surface area (Å²) in [5.74, 6) is 1.07. The van der Waals surface area contributed by atoms with Crippen LogP contribution in [-0.4, -0.2) is 34.6 Å². The molecule has 4 nitrogen and oxygen atoms in total. The highest BCUT2D eigenvalue weighted by Crippen LogP contribution is 2.28. The van der Waals surface area contributed by atoms with E-state index in [1.165, 1.54) is 6.26 Å². The molecule has 1 N–H and O–H groups in total. The molecule has 19 heavy (non-hydrogen) atoms. The molecule has 0 fully saturated rings. The van der Waals surface area contributed by atoms with Gasteiger partial charge in [0.15, 0.2) is 0 Å². The summed E-state index contributed by atoms with van der Waals surface area (Å²) in [6, 6.07) is 6.18. The van der Waals surface area contributed by atoms with Gasteiger partial charge in [-0.3, -0.25) is 0 Å². The number of rotatable bonds is 7. The van der Waals surface area contributed by atoms with Crippen LogP contribution in [0.1, 0.15) is 30.0 Å². The molecule has 0 aliphatic heterocycles. The second kappa shape index (κ2) is 6.91. The maximum Gasteiger partial charge on any atom is 0.147 e. The van der Waals surface area contributed by atoms with Gasteiger partial charge in [0.25, 0.3) is 0 Å². The van der Waals surface area contributed by atoms with E-state index in [4.69, 9.17) is 4.74 Å². The van der Waals surface area contributed by atoms with Crippen molar-refractivity contribution in [3.05, 3.63) is 29.3 Å². The molecule has 0 amide bonds. The number of benzene rings is 1. The highest BCUT2D eigenvalue weighted by atomic mass is 32.2. The van der Waals surface area contributed by atoms with E-state index in [9.17, 15) is 8.42 Å². The van der Waals surface area contributed by atoms with Gasteiger partial charge in [0, 0.05) is 23.6 Å². The fourth-order valence-corrected chi connectivity index (χ4v) is 2.80. The van der Waals surface area contributed by atoms with Crippen LogP contribution >= 0.6 is 0 Å². The van der Waals surface area contributed by atoms with Crippen molar-refractivity contribution in [2.24, 2.45) is 0 Å². The standard InChI is InChI=1S/C14H23NO3S/c1-11-7-8-12(14(10-11)18-3)13(15-2)6-5-9-19(4,16)17/h7-8,10,13,15H,5-6,9H2,1-4H3. The van der Waals surface area contributed by atoms with Crippen molar-refractivity contribution in [3.63, 3.8) is 0 Å². The minimum atomic E-state index is -2.89. The van der Waals surface area contributed by atoms with Crippen molar-refractivity contribution in [2.75, 3.05) is 26.2 Å². The average molecular weight is 285 g/mol. The first-order chi connectivity index (χ1) is 8.87. The largest absolute Gasteiger partial charge is 0.496 e. The highest BCUT2D eigenvalue weighted by Gasteiger charge is 2.15. The van der Waals surface area contributed by atoms with E-state index in [2.05, 4.69) is 5.32 Å². The molecule has 0 saturated heterocycles. The summed E-state index contributed by atoms with van der Waals surface area (Å²) < 4.78 is 27.7. The van der Waals surface area contributed by atoms with Gasteiger partial charge < -0.3 is 10.1 Å². The Labute approximate surface area is 116 Å². The smallest absolute Gasteiger partial charge is 0.147 e. The Bertz CT molecular complexity index is 511. The number of methoxy groups -OCH3 is 1. The van der Waals surface area contributed by atoms with Gasteiger partial charge in [-0.05, 0) is 38.4 Å². The molecule has 5 heteroatoms. The molecule has 108 valence electrons. The van der Waals surface area contributed by atoms with Crippen LogP contribution in [-0.2, 0) is 9.84 Å². The Kier molecular flexibility index (Phi) is 5.82. The van der Waals surface area contributed by atoms with E-state index in [0.29, 0.717) is 6.42 Å². The molecular formula is C14H23NO3S. The van der Waals surface area contributed by atoms with Crippen molar-refractivity contribution >= 4 is 9.84 Å². The molecule has 0 heterocycles. The lowest BCUT2D eigenvalue weighted by Crippen LogP contribution is -2.18. The lowest BCUT2D eigenvalue weighted by molar-refractivity contribution is 0.398. The first kappa shape index (κ1) is 16.0. The second-order valence-corrected chi connectivity index (χ2v) is 7.12. The molecule has 0 bridgehead atoms. The zero-order valence-corrected chi connectivity index (χ0v) is 12.9. The third-order valence-electron chi connectivity index (χ3n) is 3.12. The third kappa shape index (κ3) is 5.20. The highest BCUT2D eigenvalue weighted by molar-refractivity contribution is 7.90. The third-order valence-corrected chi connectivity index (χ3v) is 4.15. The second-order valence-electron chi connectivity index (χ2n) is 4.86. The maximum atomic E-state index is 11.2. The van der Waals surface area contributed by atoms with Crippen molar-refractivity contribution < 1.29 is 13.2 Å². The summed E-state index contributed by atoms with van der Waals surface area (Å²) in [6.07, 6.45) is 2.68. The summed E-state index contributed by atoms with van der Waals surface area (Å²) in [7, 11) is 0.642. The van der Waals surface area contributed by atoms with E-state index in [-0.39, 0.29) is 11.8 Å². The summed E-state index contributed by atoms with van der Waals surface area (Å²) in [6.45, 7) is 2.02. The van der Waals surface area contributed by atoms with Gasteiger partial charge in [-0.2, -0.15) is 0 Å². The van der Waals surface area contributed by atoms with E-state index in [1.807, 2.05) is 32.2 Å². The van der Waals surface area contributed by atoms with E-state index in [1.54, 1.807) is 7.11 Å². The molecule has 1 unspecified atom stereocenters. The average Bonchev–Trinajstić information content (AvgIpc) is 2.34. The zero-order chi connectivity index (χ0) is 14.5. The van der Waals surface area contributed by atoms with Crippen LogP contribution in [0.25, 0.3) is 0 Å². The van der Waals surface area contributed by atoms with Gasteiger partial charge in [0.2, 0.25) is 0 Å². The minimum Gasteiger partial charge on any atom is -0.496 e. The number of aryl methyl sites for hydroxylation is 1.